The maximum absolute atomic E-state index is 12.2. The molecule has 118 valence electrons. The van der Waals surface area contributed by atoms with Gasteiger partial charge in [-0.1, -0.05) is 6.92 Å². The number of hydrogen-bond acceptors (Lipinski definition) is 5. The summed E-state index contributed by atoms with van der Waals surface area (Å²) < 4.78 is 5.29. The molecule has 22 heavy (non-hydrogen) atoms. The van der Waals surface area contributed by atoms with Gasteiger partial charge in [-0.2, -0.15) is 5.26 Å². The van der Waals surface area contributed by atoms with Gasteiger partial charge in [0, 0.05) is 18.0 Å². The molecule has 0 aromatic carbocycles. The zero-order valence-corrected chi connectivity index (χ0v) is 13.7. The maximum Gasteiger partial charge on any atom is 0.239 e. The molecule has 1 aromatic heterocycles. The van der Waals surface area contributed by atoms with E-state index in [2.05, 4.69) is 23.2 Å². The van der Waals surface area contributed by atoms with Crippen molar-refractivity contribution in [3.8, 4) is 6.07 Å². The Morgan fingerprint density at radius 2 is 2.27 bits per heavy atom. The summed E-state index contributed by atoms with van der Waals surface area (Å²) in [6.07, 6.45) is 3.32. The average molecular weight is 319 g/mol. The highest BCUT2D eigenvalue weighted by Gasteiger charge is 2.26. The van der Waals surface area contributed by atoms with Crippen molar-refractivity contribution < 1.29 is 9.53 Å². The third-order valence-corrected chi connectivity index (χ3v) is 5.57. The number of carbonyl (C=O) groups is 1. The van der Waals surface area contributed by atoms with E-state index in [0.717, 1.165) is 30.9 Å². The van der Waals surface area contributed by atoms with Crippen molar-refractivity contribution in [1.82, 2.24) is 4.90 Å². The molecule has 0 radical (unpaired) electrons. The number of rotatable bonds is 3. The fraction of sp³-hybridized carbons (Fsp3) is 0.625. The van der Waals surface area contributed by atoms with Gasteiger partial charge in [-0.15, -0.1) is 11.3 Å². The number of fused-ring (bicyclic) bond motifs is 1. The minimum Gasteiger partial charge on any atom is -0.379 e. The second-order valence-corrected chi connectivity index (χ2v) is 7.09. The van der Waals surface area contributed by atoms with Gasteiger partial charge in [0.2, 0.25) is 5.91 Å². The number of morpholine rings is 1. The Hall–Kier alpha value is -1.42. The van der Waals surface area contributed by atoms with Crippen LogP contribution in [0.5, 0.6) is 0 Å². The highest BCUT2D eigenvalue weighted by atomic mass is 32.1. The van der Waals surface area contributed by atoms with Gasteiger partial charge in [0.15, 0.2) is 0 Å². The minimum atomic E-state index is -0.0374. The standard InChI is InChI=1S/C16H21N3O2S/c1-11-3-2-4-13-15(11)12(9-17)16(22-13)18-14(20)10-19-5-7-21-8-6-19/h11H,2-8,10H2,1H3,(H,18,20)/t11-/m0/s1. The van der Waals surface area contributed by atoms with Gasteiger partial charge in [-0.05, 0) is 30.7 Å². The molecular weight excluding hydrogens is 298 g/mol. The molecule has 1 aromatic rings. The fourth-order valence-corrected chi connectivity index (χ4v) is 4.57. The van der Waals surface area contributed by atoms with Crippen LogP contribution in [0.2, 0.25) is 0 Å². The Labute approximate surface area is 134 Å². The molecule has 6 heteroatoms. The van der Waals surface area contributed by atoms with E-state index < -0.39 is 0 Å². The van der Waals surface area contributed by atoms with Crippen molar-refractivity contribution >= 4 is 22.2 Å². The van der Waals surface area contributed by atoms with E-state index in [1.54, 1.807) is 11.3 Å². The fourth-order valence-electron chi connectivity index (χ4n) is 3.24. The molecule has 0 saturated carbocycles. The minimum absolute atomic E-state index is 0.0374. The van der Waals surface area contributed by atoms with Crippen molar-refractivity contribution in [2.75, 3.05) is 38.2 Å². The Balaban J connectivity index is 1.72. The second kappa shape index (κ2) is 6.78. The molecular formula is C16H21N3O2S. The van der Waals surface area contributed by atoms with E-state index in [1.165, 1.54) is 16.9 Å². The third kappa shape index (κ3) is 3.17. The molecule has 0 spiro atoms. The Kier molecular flexibility index (Phi) is 4.77. The van der Waals surface area contributed by atoms with Crippen molar-refractivity contribution in [1.29, 1.82) is 5.26 Å². The number of nitrogens with zero attached hydrogens (tertiary/aromatic N) is 2. The molecule has 1 saturated heterocycles. The van der Waals surface area contributed by atoms with Crippen LogP contribution in [0.25, 0.3) is 0 Å². The van der Waals surface area contributed by atoms with Crippen LogP contribution in [0.1, 0.15) is 41.7 Å². The monoisotopic (exact) mass is 319 g/mol. The molecule has 1 aliphatic heterocycles. The van der Waals surface area contributed by atoms with Crippen molar-refractivity contribution in [2.24, 2.45) is 0 Å². The molecule has 2 aliphatic rings. The molecule has 2 heterocycles. The lowest BCUT2D eigenvalue weighted by atomic mass is 9.87. The first-order chi connectivity index (χ1) is 10.7. The first kappa shape index (κ1) is 15.5. The van der Waals surface area contributed by atoms with E-state index in [4.69, 9.17) is 4.74 Å². The zero-order valence-electron chi connectivity index (χ0n) is 12.9. The molecule has 3 rings (SSSR count). The third-order valence-electron chi connectivity index (χ3n) is 4.39. The summed E-state index contributed by atoms with van der Waals surface area (Å²) in [5.41, 5.74) is 1.85. The predicted molar refractivity (Wildman–Crippen MR) is 86.3 cm³/mol. The summed E-state index contributed by atoms with van der Waals surface area (Å²) in [5, 5.41) is 13.2. The lowest BCUT2D eigenvalue weighted by Gasteiger charge is -2.25. The molecule has 1 amide bonds. The van der Waals surface area contributed by atoms with E-state index >= 15 is 0 Å². The van der Waals surface area contributed by atoms with Gasteiger partial charge in [0.05, 0.1) is 25.3 Å². The molecule has 1 N–H and O–H groups in total. The summed E-state index contributed by atoms with van der Waals surface area (Å²) in [6.45, 7) is 5.48. The van der Waals surface area contributed by atoms with Gasteiger partial charge in [0.25, 0.3) is 0 Å². The summed E-state index contributed by atoms with van der Waals surface area (Å²) in [5.74, 6) is 0.379. The Bertz CT molecular complexity index is 599. The molecule has 0 bridgehead atoms. The Morgan fingerprint density at radius 1 is 1.50 bits per heavy atom. The SMILES string of the molecule is C[C@H]1CCCc2sc(NC(=O)CN3CCOCC3)c(C#N)c21. The number of aryl methyl sites for hydroxylation is 1. The van der Waals surface area contributed by atoms with E-state index in [9.17, 15) is 10.1 Å². The highest BCUT2D eigenvalue weighted by molar-refractivity contribution is 7.16. The molecule has 1 atom stereocenters. The van der Waals surface area contributed by atoms with Crippen molar-refractivity contribution in [2.45, 2.75) is 32.1 Å². The molecule has 0 unspecified atom stereocenters. The number of hydrogen-bond donors (Lipinski definition) is 1. The van der Waals surface area contributed by atoms with Crippen molar-refractivity contribution in [3.63, 3.8) is 0 Å². The van der Waals surface area contributed by atoms with Crippen LogP contribution >= 0.6 is 11.3 Å². The summed E-state index contributed by atoms with van der Waals surface area (Å²) in [4.78, 5) is 15.6. The quantitative estimate of drug-likeness (QED) is 0.928. The summed E-state index contributed by atoms with van der Waals surface area (Å²) in [7, 11) is 0. The number of nitriles is 1. The van der Waals surface area contributed by atoms with Crippen LogP contribution in [-0.4, -0.2) is 43.7 Å². The lowest BCUT2D eigenvalue weighted by molar-refractivity contribution is -0.118. The smallest absolute Gasteiger partial charge is 0.239 e. The van der Waals surface area contributed by atoms with Crippen LogP contribution in [0.15, 0.2) is 0 Å². The number of amides is 1. The van der Waals surface area contributed by atoms with Crippen LogP contribution in [0.3, 0.4) is 0 Å². The molecule has 1 aliphatic carbocycles. The van der Waals surface area contributed by atoms with Crippen LogP contribution in [0.4, 0.5) is 5.00 Å². The van der Waals surface area contributed by atoms with E-state index in [1.807, 2.05) is 0 Å². The van der Waals surface area contributed by atoms with Gasteiger partial charge in [-0.3, -0.25) is 9.69 Å². The van der Waals surface area contributed by atoms with Crippen molar-refractivity contribution in [3.05, 3.63) is 16.0 Å². The predicted octanol–water partition coefficient (Wildman–Crippen LogP) is 2.33. The topological polar surface area (TPSA) is 65.4 Å². The second-order valence-electron chi connectivity index (χ2n) is 5.98. The normalized spacial score (nSPS) is 21.9. The first-order valence-corrected chi connectivity index (χ1v) is 8.66. The average Bonchev–Trinajstić information content (AvgIpc) is 2.86. The van der Waals surface area contributed by atoms with Gasteiger partial charge < -0.3 is 10.1 Å². The van der Waals surface area contributed by atoms with Crippen LogP contribution in [-0.2, 0) is 16.0 Å². The number of carbonyl (C=O) groups excluding carboxylic acids is 1. The number of ether oxygens (including phenoxy) is 1. The number of thiophene rings is 1. The van der Waals surface area contributed by atoms with Crippen LogP contribution < -0.4 is 5.32 Å². The summed E-state index contributed by atoms with van der Waals surface area (Å²) in [6, 6.07) is 2.31. The number of nitrogens with one attached hydrogen (secondary N) is 1. The Morgan fingerprint density at radius 3 is 3.00 bits per heavy atom. The first-order valence-electron chi connectivity index (χ1n) is 7.84. The van der Waals surface area contributed by atoms with Gasteiger partial charge >= 0.3 is 0 Å². The zero-order chi connectivity index (χ0) is 15.5. The largest absolute Gasteiger partial charge is 0.379 e. The van der Waals surface area contributed by atoms with Gasteiger partial charge in [0.1, 0.15) is 11.1 Å². The lowest BCUT2D eigenvalue weighted by Crippen LogP contribution is -2.41. The maximum atomic E-state index is 12.2. The summed E-state index contributed by atoms with van der Waals surface area (Å²) >= 11 is 1.58. The van der Waals surface area contributed by atoms with Gasteiger partial charge in [-0.25, -0.2) is 0 Å². The highest BCUT2D eigenvalue weighted by Crippen LogP contribution is 2.42. The van der Waals surface area contributed by atoms with E-state index in [-0.39, 0.29) is 5.91 Å². The van der Waals surface area contributed by atoms with E-state index in [0.29, 0.717) is 31.2 Å². The molecule has 1 fully saturated rings. The van der Waals surface area contributed by atoms with Crippen LogP contribution in [0, 0.1) is 11.3 Å². The number of anilines is 1. The molecule has 5 nitrogen and oxygen atoms in total.